The molecule has 1 saturated heterocycles. The molecule has 1 fully saturated rings. The van der Waals surface area contributed by atoms with E-state index < -0.39 is 51.5 Å². The number of fused-ring (bicyclic) bond motifs is 2. The van der Waals surface area contributed by atoms with Crippen LogP contribution < -0.4 is 9.62 Å². The molecule has 15 heteroatoms. The second-order valence-electron chi connectivity index (χ2n) is 16.8. The lowest BCUT2D eigenvalue weighted by Gasteiger charge is -2.38. The van der Waals surface area contributed by atoms with Crippen molar-refractivity contribution in [3.05, 3.63) is 135 Å². The van der Waals surface area contributed by atoms with Crippen molar-refractivity contribution in [1.29, 1.82) is 0 Å². The van der Waals surface area contributed by atoms with Crippen LogP contribution in [0.15, 0.2) is 97.1 Å². The largest absolute Gasteiger partial charge is 0.444 e. The summed E-state index contributed by atoms with van der Waals surface area (Å²) in [7, 11) is -3.86. The summed E-state index contributed by atoms with van der Waals surface area (Å²) in [6.45, 7) is 5.87. The first-order valence-electron chi connectivity index (χ1n) is 20.4. The Kier molecular flexibility index (Phi) is 12.6. The Labute approximate surface area is 361 Å². The van der Waals surface area contributed by atoms with Gasteiger partial charge in [0, 0.05) is 37.5 Å². The first-order valence-corrected chi connectivity index (χ1v) is 22.6. The third kappa shape index (κ3) is 9.76. The second kappa shape index (κ2) is 17.7. The van der Waals surface area contributed by atoms with E-state index in [2.05, 4.69) is 5.32 Å². The molecule has 1 N–H and O–H groups in total. The maximum atomic E-state index is 14.5. The van der Waals surface area contributed by atoms with Crippen LogP contribution in [0.2, 0.25) is 5.02 Å². The fourth-order valence-electron chi connectivity index (χ4n) is 8.38. The number of benzene rings is 4. The Morgan fingerprint density at radius 1 is 0.852 bits per heavy atom. The first kappa shape index (κ1) is 43.4. The van der Waals surface area contributed by atoms with E-state index in [1.807, 2.05) is 48.5 Å². The van der Waals surface area contributed by atoms with Gasteiger partial charge in [0.25, 0.3) is 11.8 Å². The molecule has 2 atom stereocenters. The number of para-hydroxylation sites is 1. The van der Waals surface area contributed by atoms with Crippen molar-refractivity contribution in [3.8, 4) is 0 Å². The molecule has 0 saturated carbocycles. The van der Waals surface area contributed by atoms with Crippen LogP contribution in [-0.4, -0.2) is 103 Å². The normalized spacial score (nSPS) is 17.4. The highest BCUT2D eigenvalue weighted by molar-refractivity contribution is 7.92. The molecule has 0 aromatic heterocycles. The van der Waals surface area contributed by atoms with Crippen molar-refractivity contribution < 1.29 is 37.1 Å². The van der Waals surface area contributed by atoms with E-state index >= 15 is 0 Å². The van der Waals surface area contributed by atoms with Crippen LogP contribution in [0, 0.1) is 0 Å². The van der Waals surface area contributed by atoms with Crippen molar-refractivity contribution in [2.75, 3.05) is 36.7 Å². The van der Waals surface area contributed by atoms with Crippen LogP contribution >= 0.6 is 11.6 Å². The number of nitrogens with one attached hydrogen (secondary N) is 1. The average Bonchev–Trinajstić information content (AvgIpc) is 3.47. The van der Waals surface area contributed by atoms with Gasteiger partial charge in [-0.3, -0.25) is 33.3 Å². The van der Waals surface area contributed by atoms with Crippen LogP contribution in [0.4, 0.5) is 10.5 Å². The molecule has 0 aliphatic carbocycles. The summed E-state index contributed by atoms with van der Waals surface area (Å²) in [5.74, 6) is -1.81. The third-order valence-electron chi connectivity index (χ3n) is 11.4. The Morgan fingerprint density at radius 3 is 2.07 bits per heavy atom. The smallest absolute Gasteiger partial charge is 0.411 e. The van der Waals surface area contributed by atoms with E-state index in [0.717, 1.165) is 33.4 Å². The van der Waals surface area contributed by atoms with E-state index in [1.165, 1.54) is 9.21 Å². The molecule has 0 spiro atoms. The van der Waals surface area contributed by atoms with Gasteiger partial charge in [-0.1, -0.05) is 78.3 Å². The predicted molar refractivity (Wildman–Crippen MR) is 232 cm³/mol. The highest BCUT2D eigenvalue weighted by Crippen LogP contribution is 2.36. The Bertz CT molecular complexity index is 2410. The lowest BCUT2D eigenvalue weighted by atomic mass is 9.87. The quantitative estimate of drug-likeness (QED) is 0.175. The van der Waals surface area contributed by atoms with Crippen LogP contribution in [0.1, 0.15) is 82.5 Å². The van der Waals surface area contributed by atoms with Gasteiger partial charge in [0.05, 0.1) is 36.2 Å². The van der Waals surface area contributed by atoms with Crippen LogP contribution in [0.3, 0.4) is 0 Å². The van der Waals surface area contributed by atoms with Crippen molar-refractivity contribution >= 4 is 57.0 Å². The van der Waals surface area contributed by atoms with E-state index in [9.17, 15) is 32.4 Å². The van der Waals surface area contributed by atoms with Gasteiger partial charge in [0.2, 0.25) is 21.8 Å². The number of imide groups is 1. The number of ether oxygens (including phenoxy) is 1. The second-order valence-corrected chi connectivity index (χ2v) is 19.1. The third-order valence-corrected chi connectivity index (χ3v) is 12.8. The maximum absolute atomic E-state index is 14.5. The molecule has 3 heterocycles. The van der Waals surface area contributed by atoms with Gasteiger partial charge in [-0.25, -0.2) is 13.2 Å². The SMILES string of the molecule is CC(C)(C)OC(=O)N1Cc2ccccc2CC1C(=O)NC(Cc1ccc(Cl)cc1)C(=O)N1CCC(c2ccccc2N(CCN2C(=O)c3ccccc3C2=O)S(C)(=O)=O)CC1. The summed E-state index contributed by atoms with van der Waals surface area (Å²) in [6, 6.07) is 26.5. The standard InChI is InChI=1S/C46H50ClN5O8S/c1-46(2,3)60-45(57)51-29-33-12-6-5-11-32(33)28-40(51)41(53)48-38(27-30-17-19-34(47)20-18-30)44(56)49-23-21-31(22-24-49)35-13-9-10-16-39(35)52(61(4,58)59)26-25-50-42(54)36-14-7-8-15-37(36)43(50)55/h5-20,31,38,40H,21-29H2,1-4H3,(H,48,53). The molecule has 320 valence electrons. The first-order chi connectivity index (χ1) is 29.0. The van der Waals surface area contributed by atoms with Gasteiger partial charge in [-0.15, -0.1) is 0 Å². The zero-order valence-corrected chi connectivity index (χ0v) is 36.2. The Hall–Kier alpha value is -5.73. The number of anilines is 1. The summed E-state index contributed by atoms with van der Waals surface area (Å²) in [6.07, 6.45) is 1.91. The number of nitrogens with zero attached hydrogens (tertiary/aromatic N) is 4. The summed E-state index contributed by atoms with van der Waals surface area (Å²) < 4.78 is 33.6. The molecule has 4 aromatic carbocycles. The predicted octanol–water partition coefficient (Wildman–Crippen LogP) is 6.20. The number of hydrogen-bond donors (Lipinski definition) is 1. The minimum absolute atomic E-state index is 0.127. The molecule has 61 heavy (non-hydrogen) atoms. The number of carbonyl (C=O) groups is 5. The van der Waals surface area contributed by atoms with Gasteiger partial charge in [0.1, 0.15) is 17.7 Å². The minimum atomic E-state index is -3.86. The summed E-state index contributed by atoms with van der Waals surface area (Å²) >= 11 is 6.19. The van der Waals surface area contributed by atoms with E-state index in [-0.39, 0.29) is 55.4 Å². The van der Waals surface area contributed by atoms with Crippen molar-refractivity contribution in [2.45, 2.75) is 76.6 Å². The zero-order valence-electron chi connectivity index (χ0n) is 34.7. The molecule has 13 nitrogen and oxygen atoms in total. The van der Waals surface area contributed by atoms with Crippen molar-refractivity contribution in [3.63, 3.8) is 0 Å². The summed E-state index contributed by atoms with van der Waals surface area (Å²) in [4.78, 5) is 72.8. The molecule has 4 aromatic rings. The van der Waals surface area contributed by atoms with Gasteiger partial charge in [-0.2, -0.15) is 0 Å². The molecular weight excluding hydrogens is 818 g/mol. The Balaban J connectivity index is 1.08. The highest BCUT2D eigenvalue weighted by Gasteiger charge is 2.40. The van der Waals surface area contributed by atoms with Gasteiger partial charge < -0.3 is 15.0 Å². The number of rotatable bonds is 11. The lowest BCUT2D eigenvalue weighted by molar-refractivity contribution is -0.138. The van der Waals surface area contributed by atoms with Crippen LogP contribution in [-0.2, 0) is 43.7 Å². The number of likely N-dealkylation sites (tertiary alicyclic amines) is 1. The fraction of sp³-hybridized carbons (Fsp3) is 0.370. The van der Waals surface area contributed by atoms with E-state index in [0.29, 0.717) is 36.6 Å². The molecule has 3 aliphatic heterocycles. The monoisotopic (exact) mass is 867 g/mol. The topological polar surface area (TPSA) is 154 Å². The average molecular weight is 868 g/mol. The molecule has 3 aliphatic rings. The molecule has 0 radical (unpaired) electrons. The van der Waals surface area contributed by atoms with Crippen molar-refractivity contribution in [2.24, 2.45) is 0 Å². The number of hydrogen-bond acceptors (Lipinski definition) is 8. The van der Waals surface area contributed by atoms with Crippen LogP contribution in [0.25, 0.3) is 0 Å². The van der Waals surface area contributed by atoms with E-state index in [4.69, 9.17) is 16.3 Å². The number of halogens is 1. The number of piperidine rings is 1. The Morgan fingerprint density at radius 2 is 1.44 bits per heavy atom. The van der Waals surface area contributed by atoms with Crippen LogP contribution in [0.5, 0.6) is 0 Å². The molecule has 7 rings (SSSR count). The van der Waals surface area contributed by atoms with E-state index in [1.54, 1.807) is 74.2 Å². The maximum Gasteiger partial charge on any atom is 0.411 e. The zero-order chi connectivity index (χ0) is 43.6. The molecule has 2 unspecified atom stereocenters. The number of sulfonamides is 1. The fourth-order valence-corrected chi connectivity index (χ4v) is 9.45. The molecular formula is C46H50ClN5O8S. The summed E-state index contributed by atoms with van der Waals surface area (Å²) in [5, 5.41) is 3.55. The molecule has 5 amide bonds. The van der Waals surface area contributed by atoms with Gasteiger partial charge >= 0.3 is 6.09 Å². The lowest BCUT2D eigenvalue weighted by Crippen LogP contribution is -2.58. The van der Waals surface area contributed by atoms with Gasteiger partial charge in [-0.05, 0) is 92.1 Å². The number of carbonyl (C=O) groups excluding carboxylic acids is 5. The van der Waals surface area contributed by atoms with Gasteiger partial charge in [0.15, 0.2) is 0 Å². The minimum Gasteiger partial charge on any atom is -0.444 e. The highest BCUT2D eigenvalue weighted by atomic mass is 35.5. The van der Waals surface area contributed by atoms with Crippen molar-refractivity contribution in [1.82, 2.24) is 20.0 Å². The summed E-state index contributed by atoms with van der Waals surface area (Å²) in [5.41, 5.74) is 3.64. The molecule has 0 bridgehead atoms. The number of amides is 5.